The fourth-order valence-electron chi connectivity index (χ4n) is 2.48. The van der Waals surface area contributed by atoms with Gasteiger partial charge in [-0.05, 0) is 52.5 Å². The second-order valence-electron chi connectivity index (χ2n) is 5.03. The molecule has 3 rings (SSSR count). The van der Waals surface area contributed by atoms with Crippen LogP contribution in [0.15, 0.2) is 60.9 Å². The minimum Gasteiger partial charge on any atom is -0.423 e. The number of aromatic nitrogens is 1. The van der Waals surface area contributed by atoms with E-state index in [1.165, 1.54) is 30.5 Å². The zero-order valence-electron chi connectivity index (χ0n) is 11.9. The smallest absolute Gasteiger partial charge is 0.423 e. The summed E-state index contributed by atoms with van der Waals surface area (Å²) in [6.07, 6.45) is 3.08. The Hall–Kier alpha value is -2.57. The number of halogens is 2. The first-order valence-electron chi connectivity index (χ1n) is 6.92. The zero-order valence-corrected chi connectivity index (χ0v) is 11.9. The molecule has 0 fully saturated rings. The maximum absolute atomic E-state index is 13.7. The third-order valence-corrected chi connectivity index (χ3v) is 3.56. The van der Waals surface area contributed by atoms with Crippen LogP contribution in [0.3, 0.4) is 0 Å². The fraction of sp³-hybridized carbons (Fsp3) is 0. The van der Waals surface area contributed by atoms with E-state index in [4.69, 9.17) is 0 Å². The summed E-state index contributed by atoms with van der Waals surface area (Å²) in [6, 6.07) is 11.3. The van der Waals surface area contributed by atoms with E-state index in [0.29, 0.717) is 22.3 Å². The molecule has 1 heterocycles. The molecule has 0 spiro atoms. The highest BCUT2D eigenvalue weighted by Gasteiger charge is 2.20. The summed E-state index contributed by atoms with van der Waals surface area (Å²) in [5.41, 5.74) is 2.43. The first kappa shape index (κ1) is 15.3. The summed E-state index contributed by atoms with van der Waals surface area (Å²) in [4.78, 5) is 4.04. The zero-order chi connectivity index (χ0) is 16.4. The number of rotatable bonds is 3. The van der Waals surface area contributed by atoms with Crippen molar-refractivity contribution < 1.29 is 18.8 Å². The average Bonchev–Trinajstić information content (AvgIpc) is 2.55. The normalized spacial score (nSPS) is 10.6. The molecule has 0 atom stereocenters. The number of nitrogens with zero attached hydrogens (tertiary/aromatic N) is 1. The first-order chi connectivity index (χ1) is 11.1. The molecule has 0 saturated heterocycles. The minimum absolute atomic E-state index is 0.169. The van der Waals surface area contributed by atoms with E-state index >= 15 is 0 Å². The molecule has 0 aliphatic heterocycles. The first-order valence-corrected chi connectivity index (χ1v) is 6.92. The molecule has 0 aliphatic carbocycles. The van der Waals surface area contributed by atoms with E-state index in [1.807, 2.05) is 0 Å². The molecule has 6 heteroatoms. The third kappa shape index (κ3) is 3.13. The summed E-state index contributed by atoms with van der Waals surface area (Å²) in [5.74, 6) is -0.861. The van der Waals surface area contributed by atoms with Crippen molar-refractivity contribution in [3.05, 3.63) is 72.6 Å². The molecule has 0 saturated carbocycles. The van der Waals surface area contributed by atoms with Gasteiger partial charge >= 0.3 is 7.12 Å². The van der Waals surface area contributed by atoms with Crippen molar-refractivity contribution in [2.75, 3.05) is 0 Å². The number of hydrogen-bond donors (Lipinski definition) is 2. The van der Waals surface area contributed by atoms with Crippen molar-refractivity contribution in [1.29, 1.82) is 0 Å². The molecule has 0 bridgehead atoms. The van der Waals surface area contributed by atoms with Crippen molar-refractivity contribution in [3.63, 3.8) is 0 Å². The predicted molar refractivity (Wildman–Crippen MR) is 84.9 cm³/mol. The van der Waals surface area contributed by atoms with Gasteiger partial charge in [0.2, 0.25) is 0 Å². The predicted octanol–water partition coefficient (Wildman–Crippen LogP) is 2.37. The van der Waals surface area contributed by atoms with E-state index in [1.54, 1.807) is 24.4 Å². The van der Waals surface area contributed by atoms with Crippen molar-refractivity contribution >= 4 is 12.6 Å². The fourth-order valence-corrected chi connectivity index (χ4v) is 2.48. The molecular formula is C17H12BF2NO2. The van der Waals surface area contributed by atoms with Gasteiger partial charge in [-0.3, -0.25) is 4.98 Å². The molecule has 3 nitrogen and oxygen atoms in total. The van der Waals surface area contributed by atoms with Crippen LogP contribution in [0.2, 0.25) is 0 Å². The van der Waals surface area contributed by atoms with Gasteiger partial charge in [-0.2, -0.15) is 0 Å². The van der Waals surface area contributed by atoms with Crippen LogP contribution >= 0.6 is 0 Å². The topological polar surface area (TPSA) is 53.4 Å². The van der Waals surface area contributed by atoms with Gasteiger partial charge in [0.05, 0.1) is 0 Å². The summed E-state index contributed by atoms with van der Waals surface area (Å²) in [5, 5.41) is 19.0. The molecular weight excluding hydrogens is 299 g/mol. The summed E-state index contributed by atoms with van der Waals surface area (Å²) in [6.45, 7) is 0. The van der Waals surface area contributed by atoms with Gasteiger partial charge in [-0.25, -0.2) is 8.78 Å². The summed E-state index contributed by atoms with van der Waals surface area (Å²) >= 11 is 0. The van der Waals surface area contributed by atoms with E-state index in [-0.39, 0.29) is 11.3 Å². The Bertz CT molecular complexity index is 838. The van der Waals surface area contributed by atoms with Crippen molar-refractivity contribution in [3.8, 4) is 22.3 Å². The highest BCUT2D eigenvalue weighted by atomic mass is 19.1. The maximum atomic E-state index is 13.7. The third-order valence-electron chi connectivity index (χ3n) is 3.56. The second-order valence-corrected chi connectivity index (χ2v) is 5.03. The molecule has 3 aromatic rings. The lowest BCUT2D eigenvalue weighted by atomic mass is 9.75. The molecule has 114 valence electrons. The number of pyridine rings is 1. The molecule has 0 unspecified atom stereocenters. The van der Waals surface area contributed by atoms with Crippen LogP contribution in [0.25, 0.3) is 22.3 Å². The molecule has 23 heavy (non-hydrogen) atoms. The minimum atomic E-state index is -1.74. The highest BCUT2D eigenvalue weighted by Crippen LogP contribution is 2.31. The molecule has 0 radical (unpaired) electrons. The van der Waals surface area contributed by atoms with Gasteiger partial charge in [0, 0.05) is 18.0 Å². The van der Waals surface area contributed by atoms with Crippen LogP contribution in [0.5, 0.6) is 0 Å². The average molecular weight is 311 g/mol. The second kappa shape index (κ2) is 6.28. The van der Waals surface area contributed by atoms with E-state index in [9.17, 15) is 18.8 Å². The largest absolute Gasteiger partial charge is 0.489 e. The Labute approximate surface area is 132 Å². The SMILES string of the molecule is OB(O)c1ccc(F)cc1-c1cnccc1-c1ccc(F)cc1. The van der Waals surface area contributed by atoms with Gasteiger partial charge in [0.25, 0.3) is 0 Å². The van der Waals surface area contributed by atoms with Gasteiger partial charge in [0.15, 0.2) is 0 Å². The van der Waals surface area contributed by atoms with Crippen LogP contribution in [-0.2, 0) is 0 Å². The highest BCUT2D eigenvalue weighted by molar-refractivity contribution is 6.60. The van der Waals surface area contributed by atoms with Gasteiger partial charge in [-0.15, -0.1) is 0 Å². The van der Waals surface area contributed by atoms with E-state index in [0.717, 1.165) is 6.07 Å². The van der Waals surface area contributed by atoms with E-state index < -0.39 is 12.9 Å². The van der Waals surface area contributed by atoms with Crippen LogP contribution in [0.1, 0.15) is 0 Å². The summed E-state index contributed by atoms with van der Waals surface area (Å²) < 4.78 is 26.8. The number of hydrogen-bond acceptors (Lipinski definition) is 3. The van der Waals surface area contributed by atoms with E-state index in [2.05, 4.69) is 4.98 Å². The molecule has 0 aliphatic rings. The van der Waals surface area contributed by atoms with Gasteiger partial charge < -0.3 is 10.0 Å². The Morgan fingerprint density at radius 3 is 2.17 bits per heavy atom. The Balaban J connectivity index is 2.22. The lowest BCUT2D eigenvalue weighted by Gasteiger charge is -2.13. The lowest BCUT2D eigenvalue weighted by molar-refractivity contribution is 0.426. The number of benzene rings is 2. The van der Waals surface area contributed by atoms with Crippen molar-refractivity contribution in [2.45, 2.75) is 0 Å². The Morgan fingerprint density at radius 2 is 1.48 bits per heavy atom. The Morgan fingerprint density at radius 1 is 0.783 bits per heavy atom. The van der Waals surface area contributed by atoms with Crippen LogP contribution < -0.4 is 5.46 Å². The standard InChI is InChI=1S/C17H12BF2NO2/c19-12-3-1-11(2-4-12)14-7-8-21-10-16(14)15-9-13(20)5-6-17(15)18(22)23/h1-10,22-23H. The quantitative estimate of drug-likeness (QED) is 0.730. The molecule has 2 aromatic carbocycles. The van der Waals surface area contributed by atoms with Crippen molar-refractivity contribution in [1.82, 2.24) is 4.98 Å². The van der Waals surface area contributed by atoms with Crippen molar-refractivity contribution in [2.24, 2.45) is 0 Å². The van der Waals surface area contributed by atoms with Gasteiger partial charge in [-0.1, -0.05) is 18.2 Å². The summed E-state index contributed by atoms with van der Waals surface area (Å²) in [7, 11) is -1.74. The van der Waals surface area contributed by atoms with Crippen LogP contribution in [-0.4, -0.2) is 22.2 Å². The molecule has 0 amide bonds. The maximum Gasteiger partial charge on any atom is 0.489 e. The molecule has 1 aromatic heterocycles. The Kier molecular flexibility index (Phi) is 4.19. The van der Waals surface area contributed by atoms with Crippen LogP contribution in [0.4, 0.5) is 8.78 Å². The van der Waals surface area contributed by atoms with Gasteiger partial charge in [0.1, 0.15) is 11.6 Å². The lowest BCUT2D eigenvalue weighted by Crippen LogP contribution is -2.31. The monoisotopic (exact) mass is 311 g/mol. The van der Waals surface area contributed by atoms with Crippen LogP contribution in [0, 0.1) is 11.6 Å². The molecule has 2 N–H and O–H groups in total.